The number of likely N-dealkylation sites (N-methyl/N-ethyl adjacent to an activating group) is 1. The summed E-state index contributed by atoms with van der Waals surface area (Å²) in [5.74, 6) is 0.437. The molecule has 108 valence electrons. The predicted molar refractivity (Wildman–Crippen MR) is 76.9 cm³/mol. The Morgan fingerprint density at radius 1 is 1.55 bits per heavy atom. The van der Waals surface area contributed by atoms with Crippen molar-refractivity contribution >= 4 is 29.2 Å². The van der Waals surface area contributed by atoms with E-state index in [1.807, 2.05) is 0 Å². The number of aromatic nitrogens is 1. The summed E-state index contributed by atoms with van der Waals surface area (Å²) in [6, 6.07) is 1.56. The molecule has 1 saturated heterocycles. The molecule has 2 heterocycles. The molecule has 0 aliphatic carbocycles. The van der Waals surface area contributed by atoms with Crippen LogP contribution in [0.3, 0.4) is 0 Å². The van der Waals surface area contributed by atoms with E-state index in [9.17, 15) is 9.59 Å². The Kier molecular flexibility index (Phi) is 4.44. The van der Waals surface area contributed by atoms with E-state index in [4.69, 9.17) is 11.6 Å². The van der Waals surface area contributed by atoms with Gasteiger partial charge in [0.25, 0.3) is 5.91 Å². The number of piperidine rings is 1. The van der Waals surface area contributed by atoms with Crippen LogP contribution < -0.4 is 10.6 Å². The van der Waals surface area contributed by atoms with Gasteiger partial charge in [-0.05, 0) is 12.5 Å². The molecular formula is C13H17ClN4O2. The molecular weight excluding hydrogens is 280 g/mol. The van der Waals surface area contributed by atoms with Crippen LogP contribution in [0, 0.1) is 0 Å². The molecule has 1 aromatic rings. The van der Waals surface area contributed by atoms with Crippen LogP contribution in [0.2, 0.25) is 5.02 Å². The molecule has 20 heavy (non-hydrogen) atoms. The Hall–Kier alpha value is -1.82. The van der Waals surface area contributed by atoms with Crippen molar-refractivity contribution in [1.82, 2.24) is 15.2 Å². The Morgan fingerprint density at radius 3 is 2.95 bits per heavy atom. The van der Waals surface area contributed by atoms with Gasteiger partial charge in [0.2, 0.25) is 5.91 Å². The van der Waals surface area contributed by atoms with E-state index < -0.39 is 0 Å². The number of anilines is 1. The van der Waals surface area contributed by atoms with E-state index in [0.29, 0.717) is 35.8 Å². The van der Waals surface area contributed by atoms with Gasteiger partial charge in [0, 0.05) is 39.3 Å². The van der Waals surface area contributed by atoms with E-state index in [0.717, 1.165) is 0 Å². The van der Waals surface area contributed by atoms with Gasteiger partial charge in [-0.1, -0.05) is 11.6 Å². The lowest BCUT2D eigenvalue weighted by molar-refractivity contribution is -0.132. The van der Waals surface area contributed by atoms with Gasteiger partial charge in [-0.25, -0.2) is 4.98 Å². The maximum Gasteiger partial charge on any atom is 0.253 e. The van der Waals surface area contributed by atoms with Gasteiger partial charge >= 0.3 is 0 Å². The molecule has 0 radical (unpaired) electrons. The molecule has 2 N–H and O–H groups in total. The second-order valence-corrected chi connectivity index (χ2v) is 5.19. The van der Waals surface area contributed by atoms with Crippen molar-refractivity contribution in [3.63, 3.8) is 0 Å². The summed E-state index contributed by atoms with van der Waals surface area (Å²) >= 11 is 6.00. The summed E-state index contributed by atoms with van der Waals surface area (Å²) in [6.45, 7) is 0.520. The molecule has 0 bridgehead atoms. The van der Waals surface area contributed by atoms with Gasteiger partial charge in [0.05, 0.1) is 10.6 Å². The van der Waals surface area contributed by atoms with Gasteiger partial charge < -0.3 is 15.5 Å². The van der Waals surface area contributed by atoms with Crippen LogP contribution in [-0.4, -0.2) is 48.4 Å². The maximum absolute atomic E-state index is 12.2. The Morgan fingerprint density at radius 2 is 2.30 bits per heavy atom. The number of nitrogens with one attached hydrogen (secondary N) is 2. The predicted octanol–water partition coefficient (Wildman–Crippen LogP) is 1.13. The van der Waals surface area contributed by atoms with E-state index >= 15 is 0 Å². The molecule has 1 aliphatic rings. The Bertz CT molecular complexity index is 535. The summed E-state index contributed by atoms with van der Waals surface area (Å²) in [6.07, 6.45) is 2.54. The van der Waals surface area contributed by atoms with Crippen LogP contribution in [-0.2, 0) is 4.79 Å². The summed E-state index contributed by atoms with van der Waals surface area (Å²) < 4.78 is 0. The highest BCUT2D eigenvalue weighted by Gasteiger charge is 2.25. The zero-order valence-electron chi connectivity index (χ0n) is 11.4. The fourth-order valence-corrected chi connectivity index (χ4v) is 2.33. The third-order valence-electron chi connectivity index (χ3n) is 3.32. The quantitative estimate of drug-likeness (QED) is 0.877. The number of carbonyl (C=O) groups is 2. The number of likely N-dealkylation sites (tertiary alicyclic amines) is 1. The van der Waals surface area contributed by atoms with Crippen LogP contribution in [0.15, 0.2) is 12.3 Å². The second kappa shape index (κ2) is 6.09. The van der Waals surface area contributed by atoms with Crippen LogP contribution >= 0.6 is 11.6 Å². The fourth-order valence-electron chi connectivity index (χ4n) is 2.14. The first-order valence-electron chi connectivity index (χ1n) is 6.39. The zero-order chi connectivity index (χ0) is 14.7. The lowest BCUT2D eigenvalue weighted by Gasteiger charge is -2.30. The minimum Gasteiger partial charge on any atom is -0.373 e. The van der Waals surface area contributed by atoms with Crippen molar-refractivity contribution in [1.29, 1.82) is 0 Å². The van der Waals surface area contributed by atoms with Crippen molar-refractivity contribution in [2.24, 2.45) is 0 Å². The molecule has 1 aromatic heterocycles. The number of amides is 2. The lowest BCUT2D eigenvalue weighted by Crippen LogP contribution is -2.48. The number of hydrogen-bond donors (Lipinski definition) is 2. The minimum absolute atomic E-state index is 0.0486. The van der Waals surface area contributed by atoms with Crippen molar-refractivity contribution in [2.45, 2.75) is 18.9 Å². The van der Waals surface area contributed by atoms with Gasteiger partial charge in [-0.2, -0.15) is 0 Å². The van der Waals surface area contributed by atoms with E-state index in [1.165, 1.54) is 6.20 Å². The van der Waals surface area contributed by atoms with Gasteiger partial charge in [0.15, 0.2) is 0 Å². The van der Waals surface area contributed by atoms with Crippen molar-refractivity contribution < 1.29 is 9.59 Å². The Labute approximate surface area is 122 Å². The normalized spacial score (nSPS) is 18.9. The number of rotatable bonds is 3. The van der Waals surface area contributed by atoms with Crippen LogP contribution in [0.1, 0.15) is 23.2 Å². The molecule has 2 rings (SSSR count). The third-order valence-corrected chi connectivity index (χ3v) is 3.62. The standard InChI is InChI=1S/C13H17ClN4O2/c1-15-11-5-9(10(14)6-16-11)13(20)17-8-3-4-12(19)18(2)7-8/h5-6,8H,3-4,7H2,1-2H3,(H,15,16)(H,17,20). The number of halogens is 1. The van der Waals surface area contributed by atoms with Crippen LogP contribution in [0.25, 0.3) is 0 Å². The van der Waals surface area contributed by atoms with Gasteiger partial charge in [0.1, 0.15) is 5.82 Å². The number of hydrogen-bond acceptors (Lipinski definition) is 4. The molecule has 1 aliphatic heterocycles. The Balaban J connectivity index is 2.07. The van der Waals surface area contributed by atoms with E-state index in [-0.39, 0.29) is 17.9 Å². The molecule has 2 amide bonds. The van der Waals surface area contributed by atoms with E-state index in [1.54, 1.807) is 25.1 Å². The molecule has 0 saturated carbocycles. The molecule has 7 heteroatoms. The summed E-state index contributed by atoms with van der Waals surface area (Å²) in [5.41, 5.74) is 0.380. The van der Waals surface area contributed by atoms with Crippen molar-refractivity contribution in [2.75, 3.05) is 26.0 Å². The fraction of sp³-hybridized carbons (Fsp3) is 0.462. The van der Waals surface area contributed by atoms with Gasteiger partial charge in [-0.3, -0.25) is 9.59 Å². The van der Waals surface area contributed by atoms with Crippen LogP contribution in [0.4, 0.5) is 5.82 Å². The average molecular weight is 297 g/mol. The monoisotopic (exact) mass is 296 g/mol. The second-order valence-electron chi connectivity index (χ2n) is 4.78. The SMILES string of the molecule is CNc1cc(C(=O)NC2CCC(=O)N(C)C2)c(Cl)cn1. The number of nitrogens with zero attached hydrogens (tertiary/aromatic N) is 2. The largest absolute Gasteiger partial charge is 0.373 e. The molecule has 0 aromatic carbocycles. The third kappa shape index (κ3) is 3.19. The topological polar surface area (TPSA) is 74.3 Å². The highest BCUT2D eigenvalue weighted by atomic mass is 35.5. The zero-order valence-corrected chi connectivity index (χ0v) is 12.2. The molecule has 1 fully saturated rings. The smallest absolute Gasteiger partial charge is 0.253 e. The maximum atomic E-state index is 12.2. The first-order valence-corrected chi connectivity index (χ1v) is 6.77. The molecule has 1 atom stereocenters. The lowest BCUT2D eigenvalue weighted by atomic mass is 10.1. The molecule has 6 nitrogen and oxygen atoms in total. The highest BCUT2D eigenvalue weighted by molar-refractivity contribution is 6.33. The van der Waals surface area contributed by atoms with Gasteiger partial charge in [-0.15, -0.1) is 0 Å². The summed E-state index contributed by atoms with van der Waals surface area (Å²) in [5, 5.41) is 6.08. The van der Waals surface area contributed by atoms with E-state index in [2.05, 4.69) is 15.6 Å². The first-order chi connectivity index (χ1) is 9.51. The molecule has 1 unspecified atom stereocenters. The number of carbonyl (C=O) groups excluding carboxylic acids is 2. The van der Waals surface area contributed by atoms with Crippen molar-refractivity contribution in [3.8, 4) is 0 Å². The number of pyridine rings is 1. The minimum atomic E-state index is -0.248. The van der Waals surface area contributed by atoms with Crippen LogP contribution in [0.5, 0.6) is 0 Å². The summed E-state index contributed by atoms with van der Waals surface area (Å²) in [4.78, 5) is 29.3. The van der Waals surface area contributed by atoms with Crippen molar-refractivity contribution in [3.05, 3.63) is 22.8 Å². The summed E-state index contributed by atoms with van der Waals surface area (Å²) in [7, 11) is 3.46. The first kappa shape index (κ1) is 14.6. The highest BCUT2D eigenvalue weighted by Crippen LogP contribution is 2.18. The average Bonchev–Trinajstić information content (AvgIpc) is 2.43. The molecule has 0 spiro atoms.